The summed E-state index contributed by atoms with van der Waals surface area (Å²) in [6.45, 7) is 1.98. The Morgan fingerprint density at radius 2 is 1.81 bits per heavy atom. The van der Waals surface area contributed by atoms with Crippen molar-refractivity contribution in [2.75, 3.05) is 18.4 Å². The van der Waals surface area contributed by atoms with Gasteiger partial charge >= 0.3 is 5.97 Å². The molecular formula is C20H20ClFN2O3. The monoisotopic (exact) mass is 390 g/mol. The Kier molecular flexibility index (Phi) is 6.08. The van der Waals surface area contributed by atoms with E-state index in [-0.39, 0.29) is 11.8 Å². The molecule has 7 heteroatoms. The van der Waals surface area contributed by atoms with Crippen molar-refractivity contribution in [2.24, 2.45) is 5.92 Å². The molecule has 0 bridgehead atoms. The van der Waals surface area contributed by atoms with Crippen LogP contribution in [0.15, 0.2) is 42.5 Å². The fourth-order valence-corrected chi connectivity index (χ4v) is 3.33. The average molecular weight is 391 g/mol. The van der Waals surface area contributed by atoms with Crippen molar-refractivity contribution in [2.45, 2.75) is 19.4 Å². The van der Waals surface area contributed by atoms with E-state index in [9.17, 15) is 14.0 Å². The number of aliphatic carboxylic acids is 1. The van der Waals surface area contributed by atoms with Crippen molar-refractivity contribution < 1.29 is 19.1 Å². The van der Waals surface area contributed by atoms with Gasteiger partial charge in [0.15, 0.2) is 0 Å². The Morgan fingerprint density at radius 1 is 1.15 bits per heavy atom. The number of benzene rings is 2. The van der Waals surface area contributed by atoms with E-state index < -0.39 is 11.8 Å². The molecule has 0 aromatic heterocycles. The molecule has 0 atom stereocenters. The maximum absolute atomic E-state index is 13.0. The van der Waals surface area contributed by atoms with Crippen LogP contribution in [0.4, 0.5) is 10.1 Å². The first-order valence-corrected chi connectivity index (χ1v) is 9.10. The largest absolute Gasteiger partial charge is 0.481 e. The average Bonchev–Trinajstić information content (AvgIpc) is 2.65. The van der Waals surface area contributed by atoms with Gasteiger partial charge in [-0.1, -0.05) is 11.6 Å². The molecule has 27 heavy (non-hydrogen) atoms. The molecule has 1 amide bonds. The fraction of sp³-hybridized carbons (Fsp3) is 0.300. The summed E-state index contributed by atoms with van der Waals surface area (Å²) in [6.07, 6.45) is 1.24. The standard InChI is InChI=1S/C20H20ClFN2O3/c21-18-6-5-17(23-19(25)13-1-3-16(22)4-2-13)11-15(18)12-24-9-7-14(8-10-24)20(26)27/h1-6,11,14H,7-10,12H2,(H,23,25)(H,26,27). The van der Waals surface area contributed by atoms with Gasteiger partial charge in [0.2, 0.25) is 0 Å². The summed E-state index contributed by atoms with van der Waals surface area (Å²) in [5, 5.41) is 12.5. The van der Waals surface area contributed by atoms with Gasteiger partial charge < -0.3 is 10.4 Å². The van der Waals surface area contributed by atoms with Crippen LogP contribution < -0.4 is 5.32 Å². The van der Waals surface area contributed by atoms with Gasteiger partial charge in [0.25, 0.3) is 5.91 Å². The van der Waals surface area contributed by atoms with Gasteiger partial charge in [0.1, 0.15) is 5.82 Å². The van der Waals surface area contributed by atoms with Crippen LogP contribution in [0.1, 0.15) is 28.8 Å². The summed E-state index contributed by atoms with van der Waals surface area (Å²) in [4.78, 5) is 25.5. The molecule has 0 radical (unpaired) electrons. The molecule has 0 unspecified atom stereocenters. The second-order valence-corrected chi connectivity index (χ2v) is 7.06. The molecule has 1 fully saturated rings. The maximum Gasteiger partial charge on any atom is 0.306 e. The molecule has 5 nitrogen and oxygen atoms in total. The van der Waals surface area contributed by atoms with E-state index in [4.69, 9.17) is 16.7 Å². The lowest BCUT2D eigenvalue weighted by atomic mass is 9.97. The molecule has 142 valence electrons. The molecule has 0 saturated carbocycles. The van der Waals surface area contributed by atoms with Crippen molar-refractivity contribution in [3.05, 3.63) is 64.4 Å². The van der Waals surface area contributed by atoms with Crippen LogP contribution in [0.25, 0.3) is 0 Å². The highest BCUT2D eigenvalue weighted by atomic mass is 35.5. The van der Waals surface area contributed by atoms with Crippen LogP contribution >= 0.6 is 11.6 Å². The van der Waals surface area contributed by atoms with Crippen LogP contribution in [0.2, 0.25) is 5.02 Å². The van der Waals surface area contributed by atoms with Gasteiger partial charge in [0, 0.05) is 22.8 Å². The topological polar surface area (TPSA) is 69.6 Å². The number of anilines is 1. The van der Waals surface area contributed by atoms with Gasteiger partial charge in [-0.25, -0.2) is 4.39 Å². The first kappa shape index (κ1) is 19.3. The number of hydrogen-bond acceptors (Lipinski definition) is 3. The molecule has 1 aliphatic heterocycles. The number of likely N-dealkylation sites (tertiary alicyclic amines) is 1. The predicted octanol–water partition coefficient (Wildman–Crippen LogP) is 4.03. The number of carbonyl (C=O) groups excluding carboxylic acids is 1. The van der Waals surface area contributed by atoms with Gasteiger partial charge in [-0.15, -0.1) is 0 Å². The number of nitrogens with one attached hydrogen (secondary N) is 1. The minimum absolute atomic E-state index is 0.280. The van der Waals surface area contributed by atoms with E-state index >= 15 is 0 Å². The summed E-state index contributed by atoms with van der Waals surface area (Å²) in [7, 11) is 0. The van der Waals surface area contributed by atoms with E-state index in [0.717, 1.165) is 5.56 Å². The lowest BCUT2D eigenvalue weighted by molar-refractivity contribution is -0.143. The van der Waals surface area contributed by atoms with Crippen LogP contribution in [0.3, 0.4) is 0 Å². The maximum atomic E-state index is 13.0. The third-order valence-electron chi connectivity index (χ3n) is 4.74. The first-order valence-electron chi connectivity index (χ1n) is 8.73. The quantitative estimate of drug-likeness (QED) is 0.808. The number of carboxylic acid groups (broad SMARTS) is 1. The predicted molar refractivity (Wildman–Crippen MR) is 101 cm³/mol. The number of carboxylic acids is 1. The Labute approximate surface area is 161 Å². The summed E-state index contributed by atoms with van der Waals surface area (Å²) < 4.78 is 13.0. The smallest absolute Gasteiger partial charge is 0.306 e. The van der Waals surface area contributed by atoms with E-state index in [2.05, 4.69) is 10.2 Å². The molecule has 1 aliphatic rings. The van der Waals surface area contributed by atoms with Crippen molar-refractivity contribution in [3.63, 3.8) is 0 Å². The number of hydrogen-bond donors (Lipinski definition) is 2. The second-order valence-electron chi connectivity index (χ2n) is 6.66. The van der Waals surface area contributed by atoms with E-state index in [1.54, 1.807) is 12.1 Å². The van der Waals surface area contributed by atoms with Gasteiger partial charge in [-0.3, -0.25) is 14.5 Å². The molecule has 2 N–H and O–H groups in total. The van der Waals surface area contributed by atoms with Crippen LogP contribution in [-0.4, -0.2) is 35.0 Å². The van der Waals surface area contributed by atoms with E-state index in [0.29, 0.717) is 48.7 Å². The molecule has 3 rings (SSSR count). The highest BCUT2D eigenvalue weighted by molar-refractivity contribution is 6.31. The first-order chi connectivity index (χ1) is 12.9. The van der Waals surface area contributed by atoms with Crippen molar-refractivity contribution in [3.8, 4) is 0 Å². The van der Waals surface area contributed by atoms with Crippen molar-refractivity contribution >= 4 is 29.2 Å². The molecule has 0 aliphatic carbocycles. The van der Waals surface area contributed by atoms with Crippen LogP contribution in [0, 0.1) is 11.7 Å². The second kappa shape index (κ2) is 8.50. The Bertz CT molecular complexity index is 834. The Hall–Kier alpha value is -2.44. The zero-order valence-corrected chi connectivity index (χ0v) is 15.4. The third kappa shape index (κ3) is 5.05. The fourth-order valence-electron chi connectivity index (χ4n) is 3.16. The number of halogens is 2. The van der Waals surface area contributed by atoms with Gasteiger partial charge in [-0.05, 0) is 74.0 Å². The zero-order chi connectivity index (χ0) is 19.4. The number of amides is 1. The van der Waals surface area contributed by atoms with Crippen molar-refractivity contribution in [1.29, 1.82) is 0 Å². The summed E-state index contributed by atoms with van der Waals surface area (Å²) in [5.74, 6) is -1.74. The van der Waals surface area contributed by atoms with E-state index in [1.165, 1.54) is 24.3 Å². The Morgan fingerprint density at radius 3 is 2.44 bits per heavy atom. The minimum atomic E-state index is -0.738. The van der Waals surface area contributed by atoms with Gasteiger partial charge in [0.05, 0.1) is 5.92 Å². The lowest BCUT2D eigenvalue weighted by Crippen LogP contribution is -2.35. The SMILES string of the molecule is O=C(Nc1ccc(Cl)c(CN2CCC(C(=O)O)CC2)c1)c1ccc(F)cc1. The number of carbonyl (C=O) groups is 2. The molecule has 2 aromatic carbocycles. The number of nitrogens with zero attached hydrogens (tertiary/aromatic N) is 1. The number of piperidine rings is 1. The highest BCUT2D eigenvalue weighted by Crippen LogP contribution is 2.25. The molecule has 1 saturated heterocycles. The summed E-state index contributed by atoms with van der Waals surface area (Å²) >= 11 is 6.29. The molecule has 0 spiro atoms. The lowest BCUT2D eigenvalue weighted by Gasteiger charge is -2.30. The van der Waals surface area contributed by atoms with Crippen LogP contribution in [-0.2, 0) is 11.3 Å². The normalized spacial score (nSPS) is 15.5. The van der Waals surface area contributed by atoms with Crippen molar-refractivity contribution in [1.82, 2.24) is 4.90 Å². The van der Waals surface area contributed by atoms with Gasteiger partial charge in [-0.2, -0.15) is 0 Å². The zero-order valence-electron chi connectivity index (χ0n) is 14.6. The van der Waals surface area contributed by atoms with E-state index in [1.807, 2.05) is 6.07 Å². The minimum Gasteiger partial charge on any atom is -0.481 e. The Balaban J connectivity index is 1.65. The molecule has 2 aromatic rings. The summed E-state index contributed by atoms with van der Waals surface area (Å²) in [5.41, 5.74) is 1.83. The highest BCUT2D eigenvalue weighted by Gasteiger charge is 2.24. The third-order valence-corrected chi connectivity index (χ3v) is 5.11. The number of rotatable bonds is 5. The molecule has 1 heterocycles. The van der Waals surface area contributed by atoms with Crippen LogP contribution in [0.5, 0.6) is 0 Å². The molecular weight excluding hydrogens is 371 g/mol. The summed E-state index contributed by atoms with van der Waals surface area (Å²) in [6, 6.07) is 10.6.